The monoisotopic (exact) mass is 257 g/mol. The van der Waals surface area contributed by atoms with Gasteiger partial charge in [0.05, 0.1) is 24.5 Å². The number of carbonyl (C=O) groups is 1. The minimum absolute atomic E-state index is 0.124. The summed E-state index contributed by atoms with van der Waals surface area (Å²) in [6.45, 7) is 1.04. The second kappa shape index (κ2) is 6.07. The third-order valence-corrected chi connectivity index (χ3v) is 3.20. The molecule has 17 heavy (non-hydrogen) atoms. The van der Waals surface area contributed by atoms with E-state index in [1.54, 1.807) is 6.07 Å². The van der Waals surface area contributed by atoms with Crippen LogP contribution in [-0.4, -0.2) is 25.2 Å². The molecule has 1 aliphatic rings. The lowest BCUT2D eigenvalue weighted by Gasteiger charge is -2.11. The molecule has 0 spiro atoms. The van der Waals surface area contributed by atoms with Gasteiger partial charge in [0.1, 0.15) is 0 Å². The van der Waals surface area contributed by atoms with Gasteiger partial charge in [-0.2, -0.15) is 0 Å². The molecule has 0 aliphatic heterocycles. The van der Waals surface area contributed by atoms with Crippen molar-refractivity contribution < 1.29 is 13.9 Å². The molecule has 1 aromatic heterocycles. The van der Waals surface area contributed by atoms with Crippen molar-refractivity contribution in [3.63, 3.8) is 0 Å². The quantitative estimate of drug-likeness (QED) is 0.825. The molecule has 1 N–H and O–H groups in total. The first kappa shape index (κ1) is 12.5. The van der Waals surface area contributed by atoms with Crippen molar-refractivity contribution in [1.82, 2.24) is 5.32 Å². The van der Waals surface area contributed by atoms with Crippen LogP contribution in [0.25, 0.3) is 0 Å². The maximum absolute atomic E-state index is 11.6. The summed E-state index contributed by atoms with van der Waals surface area (Å²) >= 11 is 5.69. The lowest BCUT2D eigenvalue weighted by atomic mass is 10.3. The topological polar surface area (TPSA) is 51.5 Å². The zero-order chi connectivity index (χ0) is 12.1. The smallest absolute Gasteiger partial charge is 0.256 e. The predicted octanol–water partition coefficient (Wildman–Crippen LogP) is 2.62. The van der Waals surface area contributed by atoms with Crippen molar-refractivity contribution in [3.8, 4) is 0 Å². The highest BCUT2D eigenvalue weighted by molar-refractivity contribution is 6.32. The average molecular weight is 258 g/mol. The standard InChI is InChI=1S/C12H16ClNO3/c13-11-10(5-7-17-11)12(15)14-6-8-16-9-3-1-2-4-9/h5,7,9H,1-4,6,8H2,(H,14,15). The molecule has 1 heterocycles. The Morgan fingerprint density at radius 1 is 1.53 bits per heavy atom. The highest BCUT2D eigenvalue weighted by Gasteiger charge is 2.15. The number of furan rings is 1. The van der Waals surface area contributed by atoms with E-state index in [0.717, 1.165) is 12.8 Å². The molecular weight excluding hydrogens is 242 g/mol. The van der Waals surface area contributed by atoms with Gasteiger partial charge in [-0.25, -0.2) is 0 Å². The molecule has 4 nitrogen and oxygen atoms in total. The van der Waals surface area contributed by atoms with E-state index in [-0.39, 0.29) is 11.1 Å². The third-order valence-electron chi connectivity index (χ3n) is 2.91. The van der Waals surface area contributed by atoms with E-state index in [0.29, 0.717) is 24.8 Å². The highest BCUT2D eigenvalue weighted by atomic mass is 35.5. The van der Waals surface area contributed by atoms with E-state index in [9.17, 15) is 4.79 Å². The number of amides is 1. The van der Waals surface area contributed by atoms with E-state index < -0.39 is 0 Å². The van der Waals surface area contributed by atoms with Crippen molar-refractivity contribution >= 4 is 17.5 Å². The van der Waals surface area contributed by atoms with Crippen LogP contribution in [0.5, 0.6) is 0 Å². The lowest BCUT2D eigenvalue weighted by Crippen LogP contribution is -2.28. The summed E-state index contributed by atoms with van der Waals surface area (Å²) in [7, 11) is 0. The maximum atomic E-state index is 11.6. The number of ether oxygens (including phenoxy) is 1. The Bertz CT molecular complexity index is 372. The van der Waals surface area contributed by atoms with Crippen LogP contribution < -0.4 is 5.32 Å². The fraction of sp³-hybridized carbons (Fsp3) is 0.583. The number of nitrogens with one attached hydrogen (secondary N) is 1. The molecule has 1 aliphatic carbocycles. The number of hydrogen-bond acceptors (Lipinski definition) is 3. The number of rotatable bonds is 5. The molecule has 1 amide bonds. The third kappa shape index (κ3) is 3.48. The number of halogens is 1. The summed E-state index contributed by atoms with van der Waals surface area (Å²) in [4.78, 5) is 11.6. The van der Waals surface area contributed by atoms with Crippen molar-refractivity contribution in [2.45, 2.75) is 31.8 Å². The Hall–Kier alpha value is -1.00. The van der Waals surface area contributed by atoms with Gasteiger partial charge in [0.25, 0.3) is 5.91 Å². The largest absolute Gasteiger partial charge is 0.452 e. The van der Waals surface area contributed by atoms with Gasteiger partial charge in [0.2, 0.25) is 5.22 Å². The summed E-state index contributed by atoms with van der Waals surface area (Å²) in [5.41, 5.74) is 0.368. The molecule has 0 atom stereocenters. The molecule has 0 bridgehead atoms. The molecule has 0 saturated heterocycles. The van der Waals surface area contributed by atoms with Crippen LogP contribution in [0.4, 0.5) is 0 Å². The zero-order valence-electron chi connectivity index (χ0n) is 9.58. The van der Waals surface area contributed by atoms with Crippen molar-refractivity contribution in [1.29, 1.82) is 0 Å². The summed E-state index contributed by atoms with van der Waals surface area (Å²) in [5, 5.41) is 2.87. The first-order valence-electron chi connectivity index (χ1n) is 5.90. The van der Waals surface area contributed by atoms with Crippen LogP contribution in [0.1, 0.15) is 36.0 Å². The van der Waals surface area contributed by atoms with Gasteiger partial charge >= 0.3 is 0 Å². The Morgan fingerprint density at radius 3 is 2.94 bits per heavy atom. The van der Waals surface area contributed by atoms with Crippen LogP contribution in [0.2, 0.25) is 5.22 Å². The molecule has 2 rings (SSSR count). The molecule has 0 unspecified atom stereocenters. The lowest BCUT2D eigenvalue weighted by molar-refractivity contribution is 0.0582. The number of hydrogen-bond donors (Lipinski definition) is 1. The van der Waals surface area contributed by atoms with Gasteiger partial charge in [0, 0.05) is 6.54 Å². The van der Waals surface area contributed by atoms with Crippen molar-refractivity contribution in [2.75, 3.05) is 13.2 Å². The Kier molecular flexibility index (Phi) is 4.45. The van der Waals surface area contributed by atoms with Crippen LogP contribution in [0, 0.1) is 0 Å². The minimum atomic E-state index is -0.223. The van der Waals surface area contributed by atoms with E-state index in [2.05, 4.69) is 5.32 Å². The van der Waals surface area contributed by atoms with Crippen molar-refractivity contribution in [2.24, 2.45) is 0 Å². The molecule has 5 heteroatoms. The van der Waals surface area contributed by atoms with Gasteiger partial charge in [-0.3, -0.25) is 4.79 Å². The van der Waals surface area contributed by atoms with Gasteiger partial charge < -0.3 is 14.5 Å². The Balaban J connectivity index is 1.65. The molecule has 1 fully saturated rings. The second-order valence-electron chi connectivity index (χ2n) is 4.14. The molecule has 1 aromatic rings. The van der Waals surface area contributed by atoms with Crippen molar-refractivity contribution in [3.05, 3.63) is 23.1 Å². The molecular formula is C12H16ClNO3. The van der Waals surface area contributed by atoms with E-state index in [4.69, 9.17) is 20.8 Å². The van der Waals surface area contributed by atoms with E-state index in [1.165, 1.54) is 19.1 Å². The second-order valence-corrected chi connectivity index (χ2v) is 4.48. The van der Waals surface area contributed by atoms with Gasteiger partial charge in [-0.05, 0) is 30.5 Å². The van der Waals surface area contributed by atoms with E-state index >= 15 is 0 Å². The molecule has 0 radical (unpaired) electrons. The van der Waals surface area contributed by atoms with Crippen LogP contribution >= 0.6 is 11.6 Å². The predicted molar refractivity (Wildman–Crippen MR) is 64.3 cm³/mol. The highest BCUT2D eigenvalue weighted by Crippen LogP contribution is 2.20. The summed E-state index contributed by atoms with van der Waals surface area (Å²) in [5.74, 6) is -0.223. The normalized spacial score (nSPS) is 16.3. The summed E-state index contributed by atoms with van der Waals surface area (Å²) in [6.07, 6.45) is 6.56. The average Bonchev–Trinajstić information content (AvgIpc) is 2.95. The van der Waals surface area contributed by atoms with E-state index in [1.807, 2.05) is 0 Å². The number of carbonyl (C=O) groups excluding carboxylic acids is 1. The summed E-state index contributed by atoms with van der Waals surface area (Å²) < 4.78 is 10.5. The Labute approximate surface area is 105 Å². The van der Waals surface area contributed by atoms with Crippen LogP contribution in [-0.2, 0) is 4.74 Å². The minimum Gasteiger partial charge on any atom is -0.452 e. The fourth-order valence-electron chi connectivity index (χ4n) is 2.00. The first-order valence-corrected chi connectivity index (χ1v) is 6.28. The molecule has 1 saturated carbocycles. The fourth-order valence-corrected chi connectivity index (χ4v) is 2.20. The van der Waals surface area contributed by atoms with Crippen LogP contribution in [0.15, 0.2) is 16.7 Å². The van der Waals surface area contributed by atoms with Crippen LogP contribution in [0.3, 0.4) is 0 Å². The molecule has 94 valence electrons. The summed E-state index contributed by atoms with van der Waals surface area (Å²) in [6, 6.07) is 1.55. The van der Waals surface area contributed by atoms with Gasteiger partial charge in [0.15, 0.2) is 0 Å². The zero-order valence-corrected chi connectivity index (χ0v) is 10.3. The SMILES string of the molecule is O=C(NCCOC1CCCC1)c1ccoc1Cl. The first-order chi connectivity index (χ1) is 8.27. The Morgan fingerprint density at radius 2 is 2.29 bits per heavy atom. The molecule has 0 aromatic carbocycles. The maximum Gasteiger partial charge on any atom is 0.256 e. The van der Waals surface area contributed by atoms with Gasteiger partial charge in [-0.1, -0.05) is 12.8 Å². The van der Waals surface area contributed by atoms with Gasteiger partial charge in [-0.15, -0.1) is 0 Å².